The fourth-order valence-corrected chi connectivity index (χ4v) is 4.71. The van der Waals surface area contributed by atoms with Gasteiger partial charge in [0.2, 0.25) is 5.95 Å². The summed E-state index contributed by atoms with van der Waals surface area (Å²) in [5, 5.41) is 0. The Bertz CT molecular complexity index is 1410. The quantitative estimate of drug-likeness (QED) is 0.223. The number of ether oxygens (including phenoxy) is 4. The molecule has 208 valence electrons. The average molecular weight is 541 g/mol. The number of rotatable bonds is 13. The van der Waals surface area contributed by atoms with Crippen molar-refractivity contribution in [2.75, 3.05) is 31.8 Å². The highest BCUT2D eigenvalue weighted by atomic mass is 16.5. The smallest absolute Gasteiger partial charge is 0.221 e. The van der Waals surface area contributed by atoms with Gasteiger partial charge in [-0.15, -0.1) is 0 Å². The lowest BCUT2D eigenvalue weighted by Gasteiger charge is -2.24. The third-order valence-corrected chi connectivity index (χ3v) is 6.94. The molecule has 1 aromatic heterocycles. The molecular formula is C32H36N4O4. The lowest BCUT2D eigenvalue weighted by atomic mass is 9.98. The van der Waals surface area contributed by atoms with Gasteiger partial charge in [0.05, 0.1) is 32.5 Å². The van der Waals surface area contributed by atoms with Crippen molar-refractivity contribution in [3.05, 3.63) is 89.6 Å². The van der Waals surface area contributed by atoms with Gasteiger partial charge >= 0.3 is 0 Å². The average Bonchev–Trinajstić information content (AvgIpc) is 3.81. The van der Waals surface area contributed by atoms with E-state index in [1.165, 1.54) is 0 Å². The molecule has 4 N–H and O–H groups in total. The van der Waals surface area contributed by atoms with Crippen molar-refractivity contribution in [2.24, 2.45) is 5.92 Å². The third kappa shape index (κ3) is 6.82. The van der Waals surface area contributed by atoms with Crippen LogP contribution >= 0.6 is 0 Å². The van der Waals surface area contributed by atoms with Crippen LogP contribution in [0.5, 0.6) is 17.2 Å². The largest absolute Gasteiger partial charge is 0.497 e. The number of nitrogens with zero attached hydrogens (tertiary/aromatic N) is 2. The van der Waals surface area contributed by atoms with E-state index in [1.54, 1.807) is 13.3 Å². The van der Waals surface area contributed by atoms with Gasteiger partial charge in [-0.3, -0.25) is 0 Å². The second-order valence-electron chi connectivity index (χ2n) is 9.94. The van der Waals surface area contributed by atoms with Crippen molar-refractivity contribution >= 4 is 11.8 Å². The van der Waals surface area contributed by atoms with Crippen LogP contribution in [-0.4, -0.2) is 36.4 Å². The maximum atomic E-state index is 6.81. The van der Waals surface area contributed by atoms with Crippen LogP contribution in [0.3, 0.4) is 0 Å². The maximum Gasteiger partial charge on any atom is 0.221 e. The summed E-state index contributed by atoms with van der Waals surface area (Å²) in [4.78, 5) is 8.26. The molecule has 0 bridgehead atoms. The second-order valence-corrected chi connectivity index (χ2v) is 9.94. The Kier molecular flexibility index (Phi) is 8.66. The minimum absolute atomic E-state index is 0.0876. The summed E-state index contributed by atoms with van der Waals surface area (Å²) in [7, 11) is 1.66. The van der Waals surface area contributed by atoms with Crippen molar-refractivity contribution in [3.63, 3.8) is 0 Å². The highest BCUT2D eigenvalue weighted by Crippen LogP contribution is 2.44. The lowest BCUT2D eigenvalue weighted by Crippen LogP contribution is -2.26. The molecule has 1 saturated carbocycles. The number of aromatic nitrogens is 2. The number of anilines is 2. The predicted molar refractivity (Wildman–Crippen MR) is 156 cm³/mol. The molecule has 40 heavy (non-hydrogen) atoms. The molecule has 1 fully saturated rings. The summed E-state index contributed by atoms with van der Waals surface area (Å²) in [5.74, 6) is 3.20. The zero-order chi connectivity index (χ0) is 27.9. The normalized spacial score (nSPS) is 13.6. The van der Waals surface area contributed by atoms with Crippen LogP contribution in [0.15, 0.2) is 72.9 Å². The molecule has 3 aromatic carbocycles. The molecule has 0 radical (unpaired) electrons. The van der Waals surface area contributed by atoms with E-state index in [1.807, 2.05) is 55.5 Å². The van der Waals surface area contributed by atoms with Gasteiger partial charge in [0.25, 0.3) is 0 Å². The first kappa shape index (κ1) is 27.3. The molecular weight excluding hydrogens is 504 g/mol. The third-order valence-electron chi connectivity index (χ3n) is 6.94. The van der Waals surface area contributed by atoms with E-state index in [-0.39, 0.29) is 12.1 Å². The molecule has 1 unspecified atom stereocenters. The number of hydrogen-bond acceptors (Lipinski definition) is 8. The number of benzene rings is 3. The molecule has 1 heterocycles. The van der Waals surface area contributed by atoms with E-state index >= 15 is 0 Å². The topological polar surface area (TPSA) is 115 Å². The van der Waals surface area contributed by atoms with Crippen molar-refractivity contribution in [2.45, 2.75) is 38.9 Å². The summed E-state index contributed by atoms with van der Waals surface area (Å²) >= 11 is 0. The zero-order valence-electron chi connectivity index (χ0n) is 23.0. The first-order valence-corrected chi connectivity index (χ1v) is 13.6. The molecule has 0 amide bonds. The van der Waals surface area contributed by atoms with Crippen LogP contribution < -0.4 is 25.7 Å². The summed E-state index contributed by atoms with van der Waals surface area (Å²) in [6, 6.07) is 22.2. The SMILES string of the molecule is CCOc1cc(Cc2cnc(N)nc2N)cc(OC(COCc2ccccc2)C2CC2)c1-c1ccc(OC)cc1. The van der Waals surface area contributed by atoms with E-state index in [2.05, 4.69) is 28.2 Å². The predicted octanol–water partition coefficient (Wildman–Crippen LogP) is 5.68. The van der Waals surface area contributed by atoms with Crippen LogP contribution in [0.4, 0.5) is 11.8 Å². The van der Waals surface area contributed by atoms with Crippen molar-refractivity contribution in [1.82, 2.24) is 9.97 Å². The first-order chi connectivity index (χ1) is 19.5. The van der Waals surface area contributed by atoms with Gasteiger partial charge in [0.15, 0.2) is 0 Å². The fraction of sp³-hybridized carbons (Fsp3) is 0.312. The summed E-state index contributed by atoms with van der Waals surface area (Å²) in [6.07, 6.45) is 4.32. The lowest BCUT2D eigenvalue weighted by molar-refractivity contribution is 0.0312. The highest BCUT2D eigenvalue weighted by Gasteiger charge is 2.34. The van der Waals surface area contributed by atoms with Crippen LogP contribution in [0, 0.1) is 5.92 Å². The summed E-state index contributed by atoms with van der Waals surface area (Å²) < 4.78 is 24.5. The van der Waals surface area contributed by atoms with Crippen molar-refractivity contribution in [3.8, 4) is 28.4 Å². The van der Waals surface area contributed by atoms with Gasteiger partial charge in [-0.25, -0.2) is 4.98 Å². The summed E-state index contributed by atoms with van der Waals surface area (Å²) in [5.41, 5.74) is 16.6. The number of nitrogen functional groups attached to an aromatic ring is 2. The molecule has 8 nitrogen and oxygen atoms in total. The molecule has 0 spiro atoms. The Hall–Kier alpha value is -4.30. The van der Waals surface area contributed by atoms with Crippen LogP contribution in [0.2, 0.25) is 0 Å². The Morgan fingerprint density at radius 1 is 0.950 bits per heavy atom. The minimum atomic E-state index is -0.0876. The van der Waals surface area contributed by atoms with Crippen LogP contribution in [-0.2, 0) is 17.8 Å². The fourth-order valence-electron chi connectivity index (χ4n) is 4.71. The summed E-state index contributed by atoms with van der Waals surface area (Å²) in [6.45, 7) is 3.51. The van der Waals surface area contributed by atoms with Gasteiger partial charge < -0.3 is 30.4 Å². The highest BCUT2D eigenvalue weighted by molar-refractivity contribution is 5.78. The van der Waals surface area contributed by atoms with Crippen LogP contribution in [0.1, 0.15) is 36.5 Å². The molecule has 1 aliphatic rings. The second kappa shape index (κ2) is 12.7. The van der Waals surface area contributed by atoms with Gasteiger partial charge in [0, 0.05) is 18.2 Å². The molecule has 5 rings (SSSR count). The Morgan fingerprint density at radius 2 is 1.70 bits per heavy atom. The number of nitrogens with two attached hydrogens (primary N) is 2. The molecule has 1 aliphatic carbocycles. The van der Waals surface area contributed by atoms with E-state index in [0.29, 0.717) is 38.0 Å². The van der Waals surface area contributed by atoms with Crippen LogP contribution in [0.25, 0.3) is 11.1 Å². The van der Waals surface area contributed by atoms with Gasteiger partial charge in [-0.05, 0) is 66.6 Å². The van der Waals surface area contributed by atoms with E-state index in [9.17, 15) is 0 Å². The zero-order valence-corrected chi connectivity index (χ0v) is 23.0. The van der Waals surface area contributed by atoms with Gasteiger partial charge in [-0.1, -0.05) is 42.5 Å². The molecule has 4 aromatic rings. The van der Waals surface area contributed by atoms with Crippen molar-refractivity contribution < 1.29 is 18.9 Å². The molecule has 8 heteroatoms. The molecule has 0 aliphatic heterocycles. The minimum Gasteiger partial charge on any atom is -0.497 e. The number of hydrogen-bond donors (Lipinski definition) is 2. The number of methoxy groups -OCH3 is 1. The van der Waals surface area contributed by atoms with Gasteiger partial charge in [-0.2, -0.15) is 4.98 Å². The van der Waals surface area contributed by atoms with Crippen molar-refractivity contribution in [1.29, 1.82) is 0 Å². The molecule has 0 saturated heterocycles. The Morgan fingerprint density at radius 3 is 2.38 bits per heavy atom. The Labute approximate surface area is 235 Å². The Balaban J connectivity index is 1.49. The first-order valence-electron chi connectivity index (χ1n) is 13.6. The van der Waals surface area contributed by atoms with Gasteiger partial charge in [0.1, 0.15) is 29.2 Å². The monoisotopic (exact) mass is 540 g/mol. The van der Waals surface area contributed by atoms with E-state index in [4.69, 9.17) is 30.4 Å². The standard InChI is InChI=1S/C32H36N4O4/c1-3-39-27-16-22(15-25-18-35-32(34)36-31(25)33)17-28(30(27)24-11-13-26(37-2)14-12-24)40-29(23-9-10-23)20-38-19-21-7-5-4-6-8-21/h4-8,11-14,16-18,23,29H,3,9-10,15,19-20H2,1-2H3,(H4,33,34,35,36). The maximum absolute atomic E-state index is 6.81. The molecule has 1 atom stereocenters. The van der Waals surface area contributed by atoms with E-state index < -0.39 is 0 Å². The van der Waals surface area contributed by atoms with E-state index in [0.717, 1.165) is 57.9 Å².